The van der Waals surface area contributed by atoms with Crippen molar-refractivity contribution in [2.75, 3.05) is 0 Å². The quantitative estimate of drug-likeness (QED) is 0.296. The number of fused-ring (bicyclic) bond motifs is 1. The molecule has 2 aromatic carbocycles. The van der Waals surface area contributed by atoms with Gasteiger partial charge in [-0.3, -0.25) is 9.36 Å². The first-order valence-corrected chi connectivity index (χ1v) is 13.7. The van der Waals surface area contributed by atoms with Crippen LogP contribution < -0.4 is 14.9 Å². The molecule has 4 aromatic rings. The van der Waals surface area contributed by atoms with E-state index in [0.717, 1.165) is 11.3 Å². The lowest BCUT2D eigenvalue weighted by Gasteiger charge is -2.25. The lowest BCUT2D eigenvalue weighted by atomic mass is 9.96. The summed E-state index contributed by atoms with van der Waals surface area (Å²) in [5.74, 6) is -0.939. The number of allylic oxidation sites excluding steroid dienone is 1. The molecule has 0 spiro atoms. The number of benzene rings is 2. The summed E-state index contributed by atoms with van der Waals surface area (Å²) < 4.78 is 13.2. The number of hydrogen-bond donors (Lipinski definition) is 1. The number of carboxylic acids is 1. The SMILES string of the molecule is CC1=C(C(=O)OC(C)C)[C@@H](c2ccc(Cl)cc2)n2c(s/c(=C/c3ccc(-c4cc(C(=O)O)ccc4Cl)o3)c2=O)=N1. The molecule has 1 atom stereocenters. The molecule has 11 heteroatoms. The molecule has 3 heterocycles. The van der Waals surface area contributed by atoms with Crippen LogP contribution in [0.15, 0.2) is 80.1 Å². The van der Waals surface area contributed by atoms with Crippen molar-refractivity contribution < 1.29 is 23.8 Å². The lowest BCUT2D eigenvalue weighted by Crippen LogP contribution is -2.40. The van der Waals surface area contributed by atoms with Crippen LogP contribution in [0.2, 0.25) is 10.0 Å². The topological polar surface area (TPSA) is 111 Å². The molecule has 5 rings (SSSR count). The highest BCUT2D eigenvalue weighted by Gasteiger charge is 2.33. The molecule has 0 aliphatic carbocycles. The van der Waals surface area contributed by atoms with Crippen LogP contribution in [0.25, 0.3) is 17.4 Å². The number of hydrogen-bond acceptors (Lipinski definition) is 7. The summed E-state index contributed by atoms with van der Waals surface area (Å²) in [5.41, 5.74) is 1.50. The third-order valence-corrected chi connectivity index (χ3v) is 7.71. The van der Waals surface area contributed by atoms with Crippen LogP contribution >= 0.6 is 34.5 Å². The first kappa shape index (κ1) is 27.6. The van der Waals surface area contributed by atoms with E-state index >= 15 is 0 Å². The molecule has 0 unspecified atom stereocenters. The fourth-order valence-corrected chi connectivity index (χ4v) is 5.74. The Morgan fingerprint density at radius 1 is 1.12 bits per heavy atom. The summed E-state index contributed by atoms with van der Waals surface area (Å²) in [4.78, 5) is 43.3. The minimum atomic E-state index is -1.09. The number of furan rings is 1. The van der Waals surface area contributed by atoms with Gasteiger partial charge in [0.1, 0.15) is 11.5 Å². The van der Waals surface area contributed by atoms with Crippen LogP contribution in [0, 0.1) is 0 Å². The van der Waals surface area contributed by atoms with Crippen molar-refractivity contribution in [3.05, 3.63) is 112 Å². The van der Waals surface area contributed by atoms with Crippen LogP contribution in [0.5, 0.6) is 0 Å². The number of halogens is 2. The number of esters is 1. The number of carbonyl (C=O) groups excluding carboxylic acids is 1. The Morgan fingerprint density at radius 3 is 2.52 bits per heavy atom. The van der Waals surface area contributed by atoms with E-state index in [2.05, 4.69) is 4.99 Å². The van der Waals surface area contributed by atoms with Crippen LogP contribution in [-0.2, 0) is 9.53 Å². The fraction of sp³-hybridized carbons (Fsp3) is 0.172. The molecule has 1 N–H and O–H groups in total. The molecule has 0 radical (unpaired) electrons. The predicted molar refractivity (Wildman–Crippen MR) is 153 cm³/mol. The molecule has 0 saturated carbocycles. The molecule has 0 bridgehead atoms. The number of carboxylic acid groups (broad SMARTS) is 1. The second-order valence-corrected chi connectivity index (χ2v) is 11.1. The second kappa shape index (κ2) is 10.9. The van der Waals surface area contributed by atoms with Crippen molar-refractivity contribution >= 4 is 52.6 Å². The van der Waals surface area contributed by atoms with Gasteiger partial charge in [0.15, 0.2) is 4.80 Å². The molecule has 1 aliphatic heterocycles. The van der Waals surface area contributed by atoms with E-state index in [0.29, 0.717) is 47.7 Å². The van der Waals surface area contributed by atoms with E-state index in [1.807, 2.05) is 0 Å². The standard InChI is InChI=1S/C29H22Cl2N2O6S/c1-14(2)38-28(37)24-15(3)32-29-33(25(24)16-4-7-18(30)8-5-16)26(34)23(40-29)13-19-9-11-22(39-19)20-12-17(27(35)36)6-10-21(20)31/h4-14,25H,1-3H3,(H,35,36)/b23-13+/t25-/m1/s1. The van der Waals surface area contributed by atoms with Crippen molar-refractivity contribution in [1.29, 1.82) is 0 Å². The third kappa shape index (κ3) is 5.28. The fourth-order valence-electron chi connectivity index (χ4n) is 4.37. The highest BCUT2D eigenvalue weighted by atomic mass is 35.5. The summed E-state index contributed by atoms with van der Waals surface area (Å²) >= 11 is 13.6. The Morgan fingerprint density at radius 2 is 1.85 bits per heavy atom. The first-order valence-electron chi connectivity index (χ1n) is 12.2. The molecule has 1 aliphatic rings. The zero-order valence-electron chi connectivity index (χ0n) is 21.5. The maximum absolute atomic E-state index is 13.8. The summed E-state index contributed by atoms with van der Waals surface area (Å²) in [7, 11) is 0. The van der Waals surface area contributed by atoms with Gasteiger partial charge >= 0.3 is 11.9 Å². The van der Waals surface area contributed by atoms with E-state index in [1.54, 1.807) is 63.2 Å². The summed E-state index contributed by atoms with van der Waals surface area (Å²) in [6.45, 7) is 5.22. The van der Waals surface area contributed by atoms with Gasteiger partial charge in [0.25, 0.3) is 5.56 Å². The molecule has 0 saturated heterocycles. The summed E-state index contributed by atoms with van der Waals surface area (Å²) in [6.07, 6.45) is 1.22. The van der Waals surface area contributed by atoms with Crippen LogP contribution in [0.1, 0.15) is 48.5 Å². The Bertz CT molecular complexity index is 1870. The molecular formula is C29H22Cl2N2O6S. The summed E-state index contributed by atoms with van der Waals surface area (Å²) in [5, 5.41) is 10.2. The van der Waals surface area contributed by atoms with E-state index in [1.165, 1.54) is 22.8 Å². The lowest BCUT2D eigenvalue weighted by molar-refractivity contribution is -0.143. The van der Waals surface area contributed by atoms with Gasteiger partial charge in [-0.2, -0.15) is 0 Å². The van der Waals surface area contributed by atoms with Gasteiger partial charge in [-0.1, -0.05) is 46.7 Å². The number of aromatic carboxylic acids is 1. The van der Waals surface area contributed by atoms with E-state index in [4.69, 9.17) is 32.4 Å². The molecule has 40 heavy (non-hydrogen) atoms. The minimum absolute atomic E-state index is 0.0648. The van der Waals surface area contributed by atoms with Gasteiger partial charge in [0, 0.05) is 16.7 Å². The number of nitrogens with zero attached hydrogens (tertiary/aromatic N) is 2. The second-order valence-electron chi connectivity index (χ2n) is 9.29. The zero-order valence-corrected chi connectivity index (χ0v) is 23.8. The molecule has 2 aromatic heterocycles. The molecule has 8 nitrogen and oxygen atoms in total. The minimum Gasteiger partial charge on any atom is -0.478 e. The third-order valence-electron chi connectivity index (χ3n) is 6.15. The predicted octanol–water partition coefficient (Wildman–Crippen LogP) is 5.45. The van der Waals surface area contributed by atoms with Crippen molar-refractivity contribution in [2.45, 2.75) is 32.9 Å². The maximum Gasteiger partial charge on any atom is 0.338 e. The number of rotatable bonds is 6. The molecule has 204 valence electrons. The number of ether oxygens (including phenoxy) is 1. The average Bonchev–Trinajstić information content (AvgIpc) is 3.47. The van der Waals surface area contributed by atoms with Crippen LogP contribution in [0.3, 0.4) is 0 Å². The van der Waals surface area contributed by atoms with Crippen molar-refractivity contribution in [2.24, 2.45) is 4.99 Å². The normalized spacial score (nSPS) is 15.2. The molecule has 0 amide bonds. The van der Waals surface area contributed by atoms with Crippen molar-refractivity contribution in [1.82, 2.24) is 4.57 Å². The number of aromatic nitrogens is 1. The Kier molecular flexibility index (Phi) is 7.55. The number of carbonyl (C=O) groups is 2. The van der Waals surface area contributed by atoms with Gasteiger partial charge in [0.2, 0.25) is 0 Å². The Balaban J connectivity index is 1.62. The van der Waals surface area contributed by atoms with Crippen molar-refractivity contribution in [3.8, 4) is 11.3 Å². The van der Waals surface area contributed by atoms with E-state index in [9.17, 15) is 19.5 Å². The summed E-state index contributed by atoms with van der Waals surface area (Å²) in [6, 6.07) is 13.8. The van der Waals surface area contributed by atoms with Gasteiger partial charge in [-0.05, 0) is 68.8 Å². The highest BCUT2D eigenvalue weighted by molar-refractivity contribution is 7.07. The molecule has 0 fully saturated rings. The van der Waals surface area contributed by atoms with Gasteiger partial charge < -0.3 is 14.3 Å². The van der Waals surface area contributed by atoms with E-state index < -0.39 is 18.0 Å². The van der Waals surface area contributed by atoms with Crippen LogP contribution in [-0.4, -0.2) is 27.7 Å². The molecular weight excluding hydrogens is 575 g/mol. The van der Waals surface area contributed by atoms with Crippen LogP contribution in [0.4, 0.5) is 0 Å². The maximum atomic E-state index is 13.8. The van der Waals surface area contributed by atoms with Crippen molar-refractivity contribution in [3.63, 3.8) is 0 Å². The van der Waals surface area contributed by atoms with Gasteiger partial charge in [-0.15, -0.1) is 0 Å². The largest absolute Gasteiger partial charge is 0.478 e. The van der Waals surface area contributed by atoms with E-state index in [-0.39, 0.29) is 22.8 Å². The smallest absolute Gasteiger partial charge is 0.338 e. The number of thiazole rings is 1. The first-order chi connectivity index (χ1) is 19.0. The Hall–Kier alpha value is -3.92. The monoisotopic (exact) mass is 596 g/mol. The highest BCUT2D eigenvalue weighted by Crippen LogP contribution is 2.32. The Labute approximate surface area is 242 Å². The average molecular weight is 597 g/mol. The van der Waals surface area contributed by atoms with Gasteiger partial charge in [-0.25, -0.2) is 14.6 Å². The van der Waals surface area contributed by atoms with Gasteiger partial charge in [0.05, 0.1) is 38.5 Å². The zero-order chi connectivity index (χ0) is 28.7.